The average molecular weight is 286 g/mol. The molecule has 0 aromatic heterocycles. The van der Waals surface area contributed by atoms with Gasteiger partial charge in [-0.15, -0.1) is 0 Å². The van der Waals surface area contributed by atoms with E-state index in [1.807, 2.05) is 6.07 Å². The fraction of sp³-hybridized carbons (Fsp3) is 0.611. The van der Waals surface area contributed by atoms with Crippen LogP contribution in [0.25, 0.3) is 0 Å². The number of rotatable bonds is 3. The number of nitrogens with zero attached hydrogens (tertiary/aromatic N) is 1. The molecule has 3 nitrogen and oxygen atoms in total. The van der Waals surface area contributed by atoms with Gasteiger partial charge in [0.1, 0.15) is 0 Å². The van der Waals surface area contributed by atoms with E-state index in [9.17, 15) is 4.79 Å². The van der Waals surface area contributed by atoms with E-state index in [1.54, 1.807) is 0 Å². The summed E-state index contributed by atoms with van der Waals surface area (Å²) in [7, 11) is 0. The second-order valence-corrected chi connectivity index (χ2v) is 6.99. The van der Waals surface area contributed by atoms with Crippen LogP contribution >= 0.6 is 0 Å². The number of piperidine rings is 1. The highest BCUT2D eigenvalue weighted by molar-refractivity contribution is 6.00. The van der Waals surface area contributed by atoms with Gasteiger partial charge in [-0.05, 0) is 55.4 Å². The Kier molecular flexibility index (Phi) is 4.03. The van der Waals surface area contributed by atoms with Crippen molar-refractivity contribution in [1.29, 1.82) is 0 Å². The van der Waals surface area contributed by atoms with E-state index in [4.69, 9.17) is 0 Å². The number of carbonyl (C=O) groups excluding carboxylic acids is 1. The molecule has 1 aromatic carbocycles. The molecular formula is C18H26N2O. The fourth-order valence-corrected chi connectivity index (χ4v) is 3.89. The Balaban J connectivity index is 1.75. The van der Waals surface area contributed by atoms with Gasteiger partial charge in [-0.2, -0.15) is 0 Å². The Hall–Kier alpha value is -1.35. The van der Waals surface area contributed by atoms with Crippen molar-refractivity contribution in [1.82, 2.24) is 4.90 Å². The molecule has 1 aromatic rings. The van der Waals surface area contributed by atoms with Crippen LogP contribution in [-0.2, 0) is 6.42 Å². The molecule has 1 saturated heterocycles. The van der Waals surface area contributed by atoms with Crippen molar-refractivity contribution in [2.75, 3.05) is 25.0 Å². The van der Waals surface area contributed by atoms with Crippen LogP contribution in [0, 0.1) is 11.8 Å². The van der Waals surface area contributed by atoms with Gasteiger partial charge in [0.05, 0.1) is 6.04 Å². The fourth-order valence-electron chi connectivity index (χ4n) is 3.89. The van der Waals surface area contributed by atoms with E-state index in [2.05, 4.69) is 43.1 Å². The maximum Gasteiger partial charge on any atom is 0.179 e. The highest BCUT2D eigenvalue weighted by Gasteiger charge is 2.29. The lowest BCUT2D eigenvalue weighted by Crippen LogP contribution is -2.47. The molecule has 2 aliphatic rings. The van der Waals surface area contributed by atoms with Gasteiger partial charge in [0.15, 0.2) is 5.78 Å². The monoisotopic (exact) mass is 286 g/mol. The first-order chi connectivity index (χ1) is 10.0. The van der Waals surface area contributed by atoms with Gasteiger partial charge < -0.3 is 5.32 Å². The minimum atomic E-state index is -0.0115. The number of hydrogen-bond donors (Lipinski definition) is 1. The van der Waals surface area contributed by atoms with Gasteiger partial charge >= 0.3 is 0 Å². The summed E-state index contributed by atoms with van der Waals surface area (Å²) < 4.78 is 0. The summed E-state index contributed by atoms with van der Waals surface area (Å²) in [6.45, 7) is 9.73. The van der Waals surface area contributed by atoms with Crippen LogP contribution < -0.4 is 5.32 Å². The molecule has 2 aliphatic heterocycles. The minimum Gasteiger partial charge on any atom is -0.384 e. The topological polar surface area (TPSA) is 32.3 Å². The molecule has 3 rings (SSSR count). The zero-order valence-corrected chi connectivity index (χ0v) is 13.4. The predicted molar refractivity (Wildman–Crippen MR) is 86.9 cm³/mol. The second kappa shape index (κ2) is 5.80. The smallest absolute Gasteiger partial charge is 0.179 e. The highest BCUT2D eigenvalue weighted by Crippen LogP contribution is 2.26. The third-order valence-electron chi connectivity index (χ3n) is 4.92. The second-order valence-electron chi connectivity index (χ2n) is 6.99. The van der Waals surface area contributed by atoms with Crippen LogP contribution in [0.1, 0.15) is 43.1 Å². The van der Waals surface area contributed by atoms with Crippen LogP contribution in [0.2, 0.25) is 0 Å². The molecule has 3 unspecified atom stereocenters. The number of ketones is 1. The standard InChI is InChI=1S/C18H26N2O/c1-12-8-13(2)11-20(10-12)14(3)18(21)16-4-5-17-15(9-16)6-7-19-17/h4-5,9,12-14,19H,6-8,10-11H2,1-3H3. The minimum absolute atomic E-state index is 0.0115. The zero-order chi connectivity index (χ0) is 15.0. The van der Waals surface area contributed by atoms with E-state index in [0.717, 1.165) is 31.6 Å². The molecule has 1 fully saturated rings. The van der Waals surface area contributed by atoms with E-state index in [1.165, 1.54) is 17.7 Å². The summed E-state index contributed by atoms with van der Waals surface area (Å²) in [5.41, 5.74) is 3.35. The quantitative estimate of drug-likeness (QED) is 0.866. The van der Waals surface area contributed by atoms with Gasteiger partial charge in [-0.1, -0.05) is 13.8 Å². The molecule has 3 atom stereocenters. The Labute approximate surface area is 127 Å². The summed E-state index contributed by atoms with van der Waals surface area (Å²) in [5.74, 6) is 1.65. The van der Waals surface area contributed by atoms with E-state index >= 15 is 0 Å². The number of anilines is 1. The third kappa shape index (κ3) is 2.98. The van der Waals surface area contributed by atoms with Crippen molar-refractivity contribution in [3.63, 3.8) is 0 Å². The molecular weight excluding hydrogens is 260 g/mol. The van der Waals surface area contributed by atoms with E-state index in [-0.39, 0.29) is 11.8 Å². The molecule has 1 N–H and O–H groups in total. The molecule has 0 aliphatic carbocycles. The molecule has 0 spiro atoms. The summed E-state index contributed by atoms with van der Waals surface area (Å²) in [6, 6.07) is 6.12. The van der Waals surface area contributed by atoms with Crippen molar-refractivity contribution in [3.05, 3.63) is 29.3 Å². The van der Waals surface area contributed by atoms with Crippen molar-refractivity contribution in [3.8, 4) is 0 Å². The first-order valence-electron chi connectivity index (χ1n) is 8.19. The molecule has 21 heavy (non-hydrogen) atoms. The van der Waals surface area contributed by atoms with Crippen LogP contribution in [-0.4, -0.2) is 36.4 Å². The van der Waals surface area contributed by atoms with Crippen LogP contribution in [0.5, 0.6) is 0 Å². The molecule has 0 amide bonds. The number of carbonyl (C=O) groups is 1. The highest BCUT2D eigenvalue weighted by atomic mass is 16.1. The average Bonchev–Trinajstić information content (AvgIpc) is 2.92. The van der Waals surface area contributed by atoms with Gasteiger partial charge in [0.25, 0.3) is 0 Å². The number of likely N-dealkylation sites (tertiary alicyclic amines) is 1. The maximum atomic E-state index is 12.8. The van der Waals surface area contributed by atoms with Crippen LogP contribution in [0.3, 0.4) is 0 Å². The van der Waals surface area contributed by atoms with Gasteiger partial charge in [-0.3, -0.25) is 9.69 Å². The Morgan fingerprint density at radius 3 is 2.71 bits per heavy atom. The summed E-state index contributed by atoms with van der Waals surface area (Å²) >= 11 is 0. The first-order valence-corrected chi connectivity index (χ1v) is 8.19. The first kappa shape index (κ1) is 14.6. The predicted octanol–water partition coefficient (Wildman–Crippen LogP) is 3.20. The summed E-state index contributed by atoms with van der Waals surface area (Å²) in [4.78, 5) is 15.2. The van der Waals surface area contributed by atoms with E-state index in [0.29, 0.717) is 11.8 Å². The largest absolute Gasteiger partial charge is 0.384 e. The molecule has 0 bridgehead atoms. The number of hydrogen-bond acceptors (Lipinski definition) is 3. The van der Waals surface area contributed by atoms with Crippen molar-refractivity contribution >= 4 is 11.5 Å². The number of benzene rings is 1. The lowest BCUT2D eigenvalue weighted by Gasteiger charge is -2.38. The lowest BCUT2D eigenvalue weighted by atomic mass is 9.90. The SMILES string of the molecule is CC1CC(C)CN(C(C)C(=O)c2ccc3c(c2)CCN3)C1. The van der Waals surface area contributed by atoms with Gasteiger partial charge in [0, 0.05) is 30.9 Å². The molecule has 3 heteroatoms. The Morgan fingerprint density at radius 2 is 2.00 bits per heavy atom. The maximum absolute atomic E-state index is 12.8. The van der Waals surface area contributed by atoms with Gasteiger partial charge in [-0.25, -0.2) is 0 Å². The molecule has 0 radical (unpaired) electrons. The summed E-state index contributed by atoms with van der Waals surface area (Å²) in [6.07, 6.45) is 2.31. The van der Waals surface area contributed by atoms with Crippen LogP contribution in [0.4, 0.5) is 5.69 Å². The number of fused-ring (bicyclic) bond motifs is 1. The Morgan fingerprint density at radius 1 is 1.29 bits per heavy atom. The lowest BCUT2D eigenvalue weighted by molar-refractivity contribution is 0.0686. The Bertz CT molecular complexity index is 530. The van der Waals surface area contributed by atoms with Crippen LogP contribution in [0.15, 0.2) is 18.2 Å². The van der Waals surface area contributed by atoms with Crippen molar-refractivity contribution < 1.29 is 4.79 Å². The number of nitrogens with one attached hydrogen (secondary N) is 1. The molecule has 2 heterocycles. The molecule has 0 saturated carbocycles. The third-order valence-corrected chi connectivity index (χ3v) is 4.92. The summed E-state index contributed by atoms with van der Waals surface area (Å²) in [5, 5.41) is 3.35. The normalized spacial score (nSPS) is 27.0. The molecule has 114 valence electrons. The van der Waals surface area contributed by atoms with E-state index < -0.39 is 0 Å². The van der Waals surface area contributed by atoms with Gasteiger partial charge in [0.2, 0.25) is 0 Å². The van der Waals surface area contributed by atoms with Crippen molar-refractivity contribution in [2.45, 2.75) is 39.7 Å². The zero-order valence-electron chi connectivity index (χ0n) is 13.4. The van der Waals surface area contributed by atoms with Crippen molar-refractivity contribution in [2.24, 2.45) is 11.8 Å². The number of Topliss-reactive ketones (excluding diaryl/α,β-unsaturated/α-hetero) is 1.